The van der Waals surface area contributed by atoms with Crippen LogP contribution in [0.25, 0.3) is 16.9 Å². The lowest BCUT2D eigenvalue weighted by atomic mass is 9.98. The number of carbonyl (C=O) groups is 2. The van der Waals surface area contributed by atoms with Crippen molar-refractivity contribution in [1.82, 2.24) is 14.7 Å². The first-order valence-corrected chi connectivity index (χ1v) is 11.9. The first-order valence-electron chi connectivity index (χ1n) is 11.1. The van der Waals surface area contributed by atoms with E-state index >= 15 is 0 Å². The van der Waals surface area contributed by atoms with Gasteiger partial charge in [0.15, 0.2) is 5.69 Å². The van der Waals surface area contributed by atoms with Crippen molar-refractivity contribution in [3.05, 3.63) is 105 Å². The summed E-state index contributed by atoms with van der Waals surface area (Å²) >= 11 is 12.6. The van der Waals surface area contributed by atoms with Gasteiger partial charge < -0.3 is 10.0 Å². The molecule has 0 radical (unpaired) electrons. The van der Waals surface area contributed by atoms with Gasteiger partial charge >= 0.3 is 5.97 Å². The molecule has 3 aromatic carbocycles. The Morgan fingerprint density at radius 1 is 0.914 bits per heavy atom. The second kappa shape index (κ2) is 9.56. The van der Waals surface area contributed by atoms with Gasteiger partial charge in [-0.25, -0.2) is 4.68 Å². The summed E-state index contributed by atoms with van der Waals surface area (Å²) in [7, 11) is 0. The Morgan fingerprint density at radius 2 is 1.60 bits per heavy atom. The molecule has 1 amide bonds. The third-order valence-electron chi connectivity index (χ3n) is 6.13. The zero-order valence-corrected chi connectivity index (χ0v) is 20.1. The van der Waals surface area contributed by atoms with E-state index in [0.29, 0.717) is 45.6 Å². The Morgan fingerprint density at radius 3 is 2.31 bits per heavy atom. The quantitative estimate of drug-likeness (QED) is 0.379. The number of fused-ring (bicyclic) bond motifs is 1. The first-order chi connectivity index (χ1) is 16.9. The minimum absolute atomic E-state index is 0.108. The summed E-state index contributed by atoms with van der Waals surface area (Å²) in [6.45, 7) is 0.967. The Labute approximate surface area is 212 Å². The number of carboxylic acids is 1. The molecule has 176 valence electrons. The van der Waals surface area contributed by atoms with E-state index in [0.717, 1.165) is 12.0 Å². The highest BCUT2D eigenvalue weighted by atomic mass is 35.5. The van der Waals surface area contributed by atoms with Crippen molar-refractivity contribution in [2.45, 2.75) is 19.4 Å². The molecule has 0 bridgehead atoms. The van der Waals surface area contributed by atoms with Crippen LogP contribution in [0.15, 0.2) is 72.8 Å². The molecule has 5 rings (SSSR count). The molecule has 6 nitrogen and oxygen atoms in total. The lowest BCUT2D eigenvalue weighted by Crippen LogP contribution is -2.36. The maximum Gasteiger partial charge on any atom is 0.307 e. The maximum atomic E-state index is 13.8. The van der Waals surface area contributed by atoms with Gasteiger partial charge in [-0.2, -0.15) is 5.10 Å². The summed E-state index contributed by atoms with van der Waals surface area (Å²) in [6, 6.07) is 22.1. The molecule has 1 aliphatic heterocycles. The van der Waals surface area contributed by atoms with Crippen LogP contribution in [0.1, 0.15) is 27.2 Å². The van der Waals surface area contributed by atoms with Crippen LogP contribution in [0.4, 0.5) is 0 Å². The molecule has 35 heavy (non-hydrogen) atoms. The van der Waals surface area contributed by atoms with Crippen LogP contribution >= 0.6 is 23.2 Å². The number of halogens is 2. The van der Waals surface area contributed by atoms with Crippen LogP contribution in [-0.2, 0) is 24.2 Å². The van der Waals surface area contributed by atoms with E-state index in [1.54, 1.807) is 52.0 Å². The molecule has 1 N–H and O–H groups in total. The molecule has 8 heteroatoms. The number of hydrogen-bond donors (Lipinski definition) is 1. The van der Waals surface area contributed by atoms with E-state index < -0.39 is 5.97 Å². The highest BCUT2D eigenvalue weighted by Crippen LogP contribution is 2.34. The Kier molecular flexibility index (Phi) is 6.32. The number of amides is 1. The molecule has 1 aromatic heterocycles. The number of carbonyl (C=O) groups excluding carboxylic acids is 1. The molecule has 0 unspecified atom stereocenters. The fourth-order valence-corrected chi connectivity index (χ4v) is 4.80. The molecule has 2 heterocycles. The van der Waals surface area contributed by atoms with Crippen molar-refractivity contribution < 1.29 is 14.7 Å². The molecule has 0 saturated heterocycles. The Balaban J connectivity index is 1.68. The zero-order chi connectivity index (χ0) is 24.5. The van der Waals surface area contributed by atoms with Crippen molar-refractivity contribution in [1.29, 1.82) is 0 Å². The molecule has 0 saturated carbocycles. The molecule has 0 spiro atoms. The van der Waals surface area contributed by atoms with Crippen LogP contribution in [0.3, 0.4) is 0 Å². The zero-order valence-electron chi connectivity index (χ0n) is 18.6. The van der Waals surface area contributed by atoms with Crippen molar-refractivity contribution in [3.8, 4) is 16.9 Å². The van der Waals surface area contributed by atoms with Gasteiger partial charge in [0.1, 0.15) is 0 Å². The molecule has 4 aromatic rings. The van der Waals surface area contributed by atoms with Crippen molar-refractivity contribution in [2.24, 2.45) is 0 Å². The lowest BCUT2D eigenvalue weighted by molar-refractivity contribution is -0.136. The Hall–Kier alpha value is -3.61. The highest BCUT2D eigenvalue weighted by molar-refractivity contribution is 6.32. The van der Waals surface area contributed by atoms with Crippen molar-refractivity contribution >= 4 is 35.1 Å². The van der Waals surface area contributed by atoms with Gasteiger partial charge in [0.25, 0.3) is 5.91 Å². The summed E-state index contributed by atoms with van der Waals surface area (Å²) < 4.78 is 1.56. The molecule has 0 aliphatic carbocycles. The van der Waals surface area contributed by atoms with E-state index in [1.165, 1.54) is 5.56 Å². The fourth-order valence-electron chi connectivity index (χ4n) is 4.46. The predicted molar refractivity (Wildman–Crippen MR) is 135 cm³/mol. The molecule has 1 aliphatic rings. The number of aromatic nitrogens is 2. The summed E-state index contributed by atoms with van der Waals surface area (Å²) in [5.41, 5.74) is 4.47. The second-order valence-electron chi connectivity index (χ2n) is 8.36. The Bertz CT molecular complexity index is 1430. The average Bonchev–Trinajstić information content (AvgIpc) is 3.22. The van der Waals surface area contributed by atoms with Crippen molar-refractivity contribution in [2.75, 3.05) is 6.54 Å². The third-order valence-corrected chi connectivity index (χ3v) is 6.70. The van der Waals surface area contributed by atoms with Crippen molar-refractivity contribution in [3.63, 3.8) is 0 Å². The predicted octanol–water partition coefficient (Wildman–Crippen LogP) is 5.67. The standard InChI is InChI=1S/C27H21Cl2N3O3/c28-20-11-9-18(10-12-20)26-21(15-24(33)34)25(30-32(26)23-8-4-3-7-22(23)29)27(35)31-14-13-17-5-1-2-6-19(17)16-31/h1-12H,13-16H2,(H,33,34). The molecular weight excluding hydrogens is 485 g/mol. The number of benzene rings is 3. The van der Waals surface area contributed by atoms with E-state index in [2.05, 4.69) is 11.2 Å². The number of rotatable bonds is 5. The third kappa shape index (κ3) is 4.55. The number of hydrogen-bond acceptors (Lipinski definition) is 3. The number of para-hydroxylation sites is 1. The molecular formula is C27H21Cl2N3O3. The molecule has 0 fully saturated rings. The van der Waals surface area contributed by atoms with Gasteiger partial charge in [0.05, 0.1) is 22.8 Å². The van der Waals surface area contributed by atoms with Gasteiger partial charge in [-0.05, 0) is 41.8 Å². The second-order valence-corrected chi connectivity index (χ2v) is 9.21. The van der Waals surface area contributed by atoms with E-state index in [1.807, 2.05) is 24.3 Å². The van der Waals surface area contributed by atoms with Gasteiger partial charge in [-0.3, -0.25) is 9.59 Å². The topological polar surface area (TPSA) is 75.4 Å². The average molecular weight is 506 g/mol. The minimum atomic E-state index is -1.06. The van der Waals surface area contributed by atoms with Gasteiger partial charge in [-0.15, -0.1) is 0 Å². The minimum Gasteiger partial charge on any atom is -0.481 e. The highest BCUT2D eigenvalue weighted by Gasteiger charge is 2.31. The lowest BCUT2D eigenvalue weighted by Gasteiger charge is -2.28. The first kappa shape index (κ1) is 23.1. The van der Waals surface area contributed by atoms with Crippen LogP contribution < -0.4 is 0 Å². The number of nitrogens with zero attached hydrogens (tertiary/aromatic N) is 3. The van der Waals surface area contributed by atoms with Crippen LogP contribution in [-0.4, -0.2) is 38.2 Å². The largest absolute Gasteiger partial charge is 0.481 e. The summed E-state index contributed by atoms with van der Waals surface area (Å²) in [5, 5.41) is 15.4. The van der Waals surface area contributed by atoms with Crippen LogP contribution in [0.2, 0.25) is 10.0 Å². The van der Waals surface area contributed by atoms with E-state index in [-0.39, 0.29) is 18.0 Å². The fraction of sp³-hybridized carbons (Fsp3) is 0.148. The number of aliphatic carboxylic acids is 1. The number of carboxylic acid groups (broad SMARTS) is 1. The van der Waals surface area contributed by atoms with E-state index in [9.17, 15) is 14.7 Å². The molecule has 0 atom stereocenters. The van der Waals surface area contributed by atoms with Crippen LogP contribution in [0, 0.1) is 0 Å². The summed E-state index contributed by atoms with van der Waals surface area (Å²) in [6.07, 6.45) is 0.360. The van der Waals surface area contributed by atoms with Gasteiger partial charge in [0, 0.05) is 29.2 Å². The normalized spacial score (nSPS) is 12.9. The van der Waals surface area contributed by atoms with Gasteiger partial charge in [-0.1, -0.05) is 71.7 Å². The smallest absolute Gasteiger partial charge is 0.307 e. The monoisotopic (exact) mass is 505 g/mol. The van der Waals surface area contributed by atoms with Gasteiger partial charge in [0.2, 0.25) is 0 Å². The maximum absolute atomic E-state index is 13.8. The SMILES string of the molecule is O=C(O)Cc1c(C(=O)N2CCc3ccccc3C2)nn(-c2ccccc2Cl)c1-c1ccc(Cl)cc1. The van der Waals surface area contributed by atoms with Crippen LogP contribution in [0.5, 0.6) is 0 Å². The van der Waals surface area contributed by atoms with E-state index in [4.69, 9.17) is 23.2 Å². The summed E-state index contributed by atoms with van der Waals surface area (Å²) in [4.78, 5) is 27.4. The summed E-state index contributed by atoms with van der Waals surface area (Å²) in [5.74, 6) is -1.37.